The van der Waals surface area contributed by atoms with Gasteiger partial charge in [0.05, 0.1) is 6.61 Å². The van der Waals surface area contributed by atoms with Crippen molar-refractivity contribution in [2.24, 2.45) is 22.7 Å². The average Bonchev–Trinajstić information content (AvgIpc) is 2.95. The lowest BCUT2D eigenvalue weighted by Gasteiger charge is -2.33. The third-order valence-electron chi connectivity index (χ3n) is 4.96. The Balaban J connectivity index is 1.60. The van der Waals surface area contributed by atoms with Gasteiger partial charge in [0.25, 0.3) is 0 Å². The van der Waals surface area contributed by atoms with Gasteiger partial charge in [0, 0.05) is 36.6 Å². The summed E-state index contributed by atoms with van der Waals surface area (Å²) in [7, 11) is 0. The lowest BCUT2D eigenvalue weighted by molar-refractivity contribution is 0.235. The highest BCUT2D eigenvalue weighted by molar-refractivity contribution is 6.04. The van der Waals surface area contributed by atoms with Crippen molar-refractivity contribution in [3.05, 3.63) is 35.6 Å². The Kier molecular flexibility index (Phi) is 2.82. The number of fused-ring (bicyclic) bond motifs is 1. The average molecular weight is 255 g/mol. The zero-order chi connectivity index (χ0) is 12.7. The number of hydrogen-bond donors (Lipinski definition) is 0. The molecule has 0 saturated heterocycles. The van der Waals surface area contributed by atoms with Crippen molar-refractivity contribution in [3.8, 4) is 0 Å². The van der Waals surface area contributed by atoms with Gasteiger partial charge >= 0.3 is 0 Å². The zero-order valence-electron chi connectivity index (χ0n) is 11.3. The fraction of sp³-hybridized carbons (Fsp3) is 0.588. The molecule has 0 N–H and O–H groups in total. The number of nitrogens with zero attached hydrogens (tertiary/aromatic N) is 1. The highest BCUT2D eigenvalue weighted by Crippen LogP contribution is 2.39. The summed E-state index contributed by atoms with van der Waals surface area (Å²) >= 11 is 0. The first-order valence-corrected chi connectivity index (χ1v) is 7.66. The summed E-state index contributed by atoms with van der Waals surface area (Å²) in [5.41, 5.74) is 2.77. The van der Waals surface area contributed by atoms with Crippen molar-refractivity contribution >= 4 is 5.71 Å². The van der Waals surface area contributed by atoms with Crippen LogP contribution in [-0.2, 0) is 4.74 Å². The van der Waals surface area contributed by atoms with Gasteiger partial charge in [-0.2, -0.15) is 0 Å². The molecule has 0 aromatic rings. The predicted octanol–water partition coefficient (Wildman–Crippen LogP) is 3.66. The molecular formula is C17H21NO. The summed E-state index contributed by atoms with van der Waals surface area (Å²) in [6, 6.07) is 0. The van der Waals surface area contributed by atoms with Crippen molar-refractivity contribution in [2.75, 3.05) is 13.2 Å². The van der Waals surface area contributed by atoms with Crippen LogP contribution in [0.2, 0.25) is 0 Å². The van der Waals surface area contributed by atoms with E-state index in [1.807, 2.05) is 0 Å². The van der Waals surface area contributed by atoms with E-state index in [0.29, 0.717) is 5.92 Å². The number of ether oxygens (including phenoxy) is 1. The van der Waals surface area contributed by atoms with Crippen LogP contribution in [0.4, 0.5) is 0 Å². The zero-order valence-corrected chi connectivity index (χ0v) is 11.3. The van der Waals surface area contributed by atoms with E-state index in [9.17, 15) is 0 Å². The standard InChI is InChI=1S/C17H21NO/c1-2-4-13-11-14(6-5-12(13)3-1)17-15-8-10-19-16(15)7-9-18-17/h2,4-6,12-14H,1,3,7-11H2. The van der Waals surface area contributed by atoms with E-state index in [1.165, 1.54) is 36.3 Å². The molecule has 2 aliphatic carbocycles. The summed E-state index contributed by atoms with van der Waals surface area (Å²) < 4.78 is 5.75. The Morgan fingerprint density at radius 3 is 3.11 bits per heavy atom. The second kappa shape index (κ2) is 4.66. The lowest BCUT2D eigenvalue weighted by Crippen LogP contribution is -2.28. The lowest BCUT2D eigenvalue weighted by atomic mass is 9.72. The number of aliphatic imine (C=N–C) groups is 1. The van der Waals surface area contributed by atoms with Crippen LogP contribution < -0.4 is 0 Å². The molecule has 4 rings (SSSR count). The Morgan fingerprint density at radius 1 is 1.11 bits per heavy atom. The molecule has 3 unspecified atom stereocenters. The minimum Gasteiger partial charge on any atom is -0.497 e. The van der Waals surface area contributed by atoms with Gasteiger partial charge in [-0.3, -0.25) is 4.99 Å². The molecule has 100 valence electrons. The molecule has 0 fully saturated rings. The molecule has 19 heavy (non-hydrogen) atoms. The summed E-state index contributed by atoms with van der Waals surface area (Å²) in [5, 5.41) is 0. The van der Waals surface area contributed by atoms with E-state index in [2.05, 4.69) is 24.3 Å². The molecule has 3 atom stereocenters. The molecule has 0 aromatic carbocycles. The number of dihydropyridines is 1. The number of hydrogen-bond acceptors (Lipinski definition) is 2. The van der Waals surface area contributed by atoms with E-state index in [0.717, 1.165) is 37.8 Å². The quantitative estimate of drug-likeness (QED) is 0.655. The van der Waals surface area contributed by atoms with Crippen LogP contribution in [0.15, 0.2) is 40.6 Å². The van der Waals surface area contributed by atoms with Crippen LogP contribution in [0, 0.1) is 17.8 Å². The second-order valence-corrected chi connectivity index (χ2v) is 6.08. The van der Waals surface area contributed by atoms with Gasteiger partial charge in [-0.15, -0.1) is 0 Å². The first kappa shape index (κ1) is 11.5. The molecular weight excluding hydrogens is 234 g/mol. The number of allylic oxidation sites excluding steroid dienone is 4. The van der Waals surface area contributed by atoms with Gasteiger partial charge in [-0.25, -0.2) is 0 Å². The maximum Gasteiger partial charge on any atom is 0.103 e. The molecule has 2 aliphatic heterocycles. The van der Waals surface area contributed by atoms with Gasteiger partial charge in [0.15, 0.2) is 0 Å². The normalized spacial score (nSPS) is 36.6. The van der Waals surface area contributed by atoms with Gasteiger partial charge in [-0.05, 0) is 31.1 Å². The van der Waals surface area contributed by atoms with Crippen LogP contribution in [0.3, 0.4) is 0 Å². The van der Waals surface area contributed by atoms with Crippen molar-refractivity contribution in [2.45, 2.75) is 32.1 Å². The highest BCUT2D eigenvalue weighted by Gasteiger charge is 2.33. The van der Waals surface area contributed by atoms with Crippen LogP contribution in [0.1, 0.15) is 32.1 Å². The second-order valence-electron chi connectivity index (χ2n) is 6.08. The molecule has 0 radical (unpaired) electrons. The highest BCUT2D eigenvalue weighted by atomic mass is 16.5. The van der Waals surface area contributed by atoms with Gasteiger partial charge in [-0.1, -0.05) is 24.3 Å². The fourth-order valence-corrected chi connectivity index (χ4v) is 3.97. The molecule has 0 saturated carbocycles. The maximum absolute atomic E-state index is 5.75. The Labute approximate surface area is 114 Å². The van der Waals surface area contributed by atoms with Crippen molar-refractivity contribution in [1.29, 1.82) is 0 Å². The van der Waals surface area contributed by atoms with Gasteiger partial charge < -0.3 is 4.74 Å². The van der Waals surface area contributed by atoms with E-state index in [4.69, 9.17) is 9.73 Å². The molecule has 0 aromatic heterocycles. The Bertz CT molecular complexity index is 497. The molecule has 4 aliphatic rings. The van der Waals surface area contributed by atoms with Gasteiger partial charge in [0.2, 0.25) is 0 Å². The van der Waals surface area contributed by atoms with Crippen molar-refractivity contribution in [1.82, 2.24) is 0 Å². The molecule has 2 heterocycles. The molecule has 2 heteroatoms. The summed E-state index contributed by atoms with van der Waals surface area (Å²) in [6.45, 7) is 1.79. The van der Waals surface area contributed by atoms with Crippen LogP contribution in [0.25, 0.3) is 0 Å². The minimum atomic E-state index is 0.524. The topological polar surface area (TPSA) is 21.6 Å². The maximum atomic E-state index is 5.75. The van der Waals surface area contributed by atoms with Crippen LogP contribution in [-0.4, -0.2) is 18.9 Å². The van der Waals surface area contributed by atoms with Crippen LogP contribution in [0.5, 0.6) is 0 Å². The monoisotopic (exact) mass is 255 g/mol. The van der Waals surface area contributed by atoms with E-state index < -0.39 is 0 Å². The third-order valence-corrected chi connectivity index (χ3v) is 4.96. The number of rotatable bonds is 1. The van der Waals surface area contributed by atoms with Gasteiger partial charge in [0.1, 0.15) is 5.76 Å². The predicted molar refractivity (Wildman–Crippen MR) is 77.1 cm³/mol. The Morgan fingerprint density at radius 2 is 2.11 bits per heavy atom. The summed E-state index contributed by atoms with van der Waals surface area (Å²) in [6.07, 6.45) is 15.6. The smallest absolute Gasteiger partial charge is 0.103 e. The van der Waals surface area contributed by atoms with Crippen molar-refractivity contribution in [3.63, 3.8) is 0 Å². The van der Waals surface area contributed by atoms with E-state index in [1.54, 1.807) is 0 Å². The molecule has 2 nitrogen and oxygen atoms in total. The van der Waals surface area contributed by atoms with Crippen molar-refractivity contribution < 1.29 is 4.74 Å². The molecule has 0 bridgehead atoms. The van der Waals surface area contributed by atoms with Crippen LogP contribution >= 0.6 is 0 Å². The van der Waals surface area contributed by atoms with E-state index >= 15 is 0 Å². The summed E-state index contributed by atoms with van der Waals surface area (Å²) in [5.74, 6) is 3.27. The minimum absolute atomic E-state index is 0.524. The first-order chi connectivity index (χ1) is 9.42. The fourth-order valence-electron chi connectivity index (χ4n) is 3.97. The Hall–Kier alpha value is -1.31. The third kappa shape index (κ3) is 1.98. The molecule has 0 spiro atoms. The largest absolute Gasteiger partial charge is 0.497 e. The SMILES string of the molecule is C1=CC2CC(C3=NCCC4=C3CCO4)C=CC2CC1. The first-order valence-electron chi connectivity index (χ1n) is 7.66. The summed E-state index contributed by atoms with van der Waals surface area (Å²) in [4.78, 5) is 4.84. The molecule has 0 amide bonds. The van der Waals surface area contributed by atoms with E-state index in [-0.39, 0.29) is 0 Å².